The molecule has 0 aromatic carbocycles. The van der Waals surface area contributed by atoms with E-state index in [2.05, 4.69) is 12.2 Å². The average molecular weight is 186 g/mol. The first-order valence-electron chi connectivity index (χ1n) is 5.75. The van der Waals surface area contributed by atoms with Crippen molar-refractivity contribution in [3.05, 3.63) is 12.2 Å². The smallest absolute Gasteiger partial charge is 0.131 e. The molecule has 2 heteroatoms. The number of rotatable bonds is 0. The normalized spacial score (nSPS) is 50.6. The van der Waals surface area contributed by atoms with E-state index >= 15 is 0 Å². The molecule has 0 aromatic heterocycles. The number of hydrogen-bond acceptors (Lipinski definition) is 1. The molecule has 72 valence electrons. The van der Waals surface area contributed by atoms with Crippen molar-refractivity contribution < 1.29 is 4.79 Å². The lowest BCUT2D eigenvalue weighted by atomic mass is 9.53. The van der Waals surface area contributed by atoms with E-state index in [9.17, 15) is 4.79 Å². The van der Waals surface area contributed by atoms with Crippen LogP contribution in [-0.2, 0) is 4.79 Å². The fraction of sp³-hybridized carbons (Fsp3) is 0.750. The van der Waals surface area contributed by atoms with Crippen LogP contribution in [0.1, 0.15) is 25.7 Å². The van der Waals surface area contributed by atoms with Crippen LogP contribution >= 0.6 is 0 Å². The molecule has 4 aliphatic carbocycles. The molecule has 4 aliphatic rings. The molecule has 0 aromatic rings. The third-order valence-electron chi connectivity index (χ3n) is 4.42. The van der Waals surface area contributed by atoms with E-state index in [1.165, 1.54) is 19.3 Å². The molecular weight excluding hydrogens is 171 g/mol. The predicted molar refractivity (Wildman–Crippen MR) is 56.1 cm³/mol. The summed E-state index contributed by atoms with van der Waals surface area (Å²) in [6, 6.07) is 0. The second-order valence-corrected chi connectivity index (χ2v) is 5.07. The molecule has 3 unspecified atom stereocenters. The summed E-state index contributed by atoms with van der Waals surface area (Å²) in [4.78, 5) is 12.0. The maximum atomic E-state index is 12.0. The molecule has 0 aliphatic heterocycles. The monoisotopic (exact) mass is 186 g/mol. The first-order valence-corrected chi connectivity index (χ1v) is 5.75. The van der Waals surface area contributed by atoms with Gasteiger partial charge in [-0.2, -0.15) is 0 Å². The fourth-order valence-electron chi connectivity index (χ4n) is 3.68. The van der Waals surface area contributed by atoms with Crippen LogP contribution < -0.4 is 0 Å². The Morgan fingerprint density at radius 1 is 1.07 bits per heavy atom. The van der Waals surface area contributed by atoms with E-state index in [4.69, 9.17) is 7.85 Å². The van der Waals surface area contributed by atoms with Gasteiger partial charge in [-0.1, -0.05) is 18.6 Å². The predicted octanol–water partition coefficient (Wildman–Crippen LogP) is 2.13. The van der Waals surface area contributed by atoms with E-state index in [1.807, 2.05) is 0 Å². The van der Waals surface area contributed by atoms with Crippen LogP contribution in [0.5, 0.6) is 0 Å². The highest BCUT2D eigenvalue weighted by atomic mass is 16.1. The summed E-state index contributed by atoms with van der Waals surface area (Å²) in [6.45, 7) is 0. The van der Waals surface area contributed by atoms with E-state index < -0.39 is 0 Å². The van der Waals surface area contributed by atoms with Crippen LogP contribution in [0.3, 0.4) is 0 Å². The first-order chi connectivity index (χ1) is 6.77. The van der Waals surface area contributed by atoms with E-state index in [1.54, 1.807) is 0 Å². The molecule has 2 saturated carbocycles. The van der Waals surface area contributed by atoms with Gasteiger partial charge in [0.15, 0.2) is 0 Å². The van der Waals surface area contributed by atoms with Crippen molar-refractivity contribution in [2.45, 2.75) is 31.5 Å². The van der Waals surface area contributed by atoms with Crippen molar-refractivity contribution in [1.29, 1.82) is 0 Å². The fourth-order valence-corrected chi connectivity index (χ4v) is 3.68. The number of allylic oxidation sites excluding steroid dienone is 2. The number of ketones is 1. The van der Waals surface area contributed by atoms with Gasteiger partial charge in [-0.3, -0.25) is 4.79 Å². The van der Waals surface area contributed by atoms with Crippen molar-refractivity contribution >= 4 is 13.6 Å². The maximum Gasteiger partial charge on any atom is 0.131 e. The number of carbonyl (C=O) groups is 1. The number of carbonyl (C=O) groups excluding carboxylic acids is 1. The van der Waals surface area contributed by atoms with Crippen LogP contribution in [0.4, 0.5) is 0 Å². The van der Waals surface area contributed by atoms with Crippen LogP contribution in [0, 0.1) is 23.7 Å². The molecule has 0 heterocycles. The Morgan fingerprint density at radius 3 is 2.50 bits per heavy atom. The van der Waals surface area contributed by atoms with Crippen molar-refractivity contribution in [3.63, 3.8) is 0 Å². The molecule has 0 saturated heterocycles. The van der Waals surface area contributed by atoms with E-state index in [0.717, 1.165) is 6.42 Å². The molecule has 1 nitrogen and oxygen atoms in total. The molecular formula is C12H15BO. The van der Waals surface area contributed by atoms with Crippen molar-refractivity contribution in [3.8, 4) is 0 Å². The van der Waals surface area contributed by atoms with Crippen LogP contribution in [0.15, 0.2) is 12.2 Å². The minimum Gasteiger partial charge on any atom is -0.300 e. The van der Waals surface area contributed by atoms with Gasteiger partial charge in [0.2, 0.25) is 0 Å². The quantitative estimate of drug-likeness (QED) is 0.418. The largest absolute Gasteiger partial charge is 0.300 e. The summed E-state index contributed by atoms with van der Waals surface area (Å²) < 4.78 is 0. The third kappa shape index (κ3) is 1.06. The summed E-state index contributed by atoms with van der Waals surface area (Å²) >= 11 is 0. The molecule has 14 heavy (non-hydrogen) atoms. The molecule has 2 fully saturated rings. The summed E-state index contributed by atoms with van der Waals surface area (Å²) in [7, 11) is 5.84. The van der Waals surface area contributed by atoms with Crippen LogP contribution in [0.25, 0.3) is 0 Å². The zero-order chi connectivity index (χ0) is 9.71. The standard InChI is InChI=1S/C12H15BO/c13-10-6-5-9-7-1-3-8(4-2-7)11(9)12(10)14/h1,3,7-11H,2,4-6H2/t7?,8-,9+,10?,11?/m1/s1. The third-order valence-corrected chi connectivity index (χ3v) is 4.42. The molecule has 5 atom stereocenters. The minimum absolute atomic E-state index is 0.163. The van der Waals surface area contributed by atoms with Gasteiger partial charge in [0.05, 0.1) is 7.85 Å². The van der Waals surface area contributed by atoms with Crippen molar-refractivity contribution in [2.24, 2.45) is 23.7 Å². The van der Waals surface area contributed by atoms with Crippen LogP contribution in [0.2, 0.25) is 5.82 Å². The summed E-state index contributed by atoms with van der Waals surface area (Å²) in [5.74, 6) is 2.29. The number of fused-ring (bicyclic) bond motifs is 1. The molecule has 2 radical (unpaired) electrons. The lowest BCUT2D eigenvalue weighted by Gasteiger charge is -2.48. The topological polar surface area (TPSA) is 17.1 Å². The number of Topliss-reactive ketones (excluding diaryl/α,β-unsaturated/α-hetero) is 1. The Labute approximate surface area is 86.4 Å². The Bertz CT molecular complexity index is 297. The lowest BCUT2D eigenvalue weighted by molar-refractivity contribution is -0.131. The van der Waals surface area contributed by atoms with Gasteiger partial charge in [0.25, 0.3) is 0 Å². The van der Waals surface area contributed by atoms with Crippen molar-refractivity contribution in [1.82, 2.24) is 0 Å². The van der Waals surface area contributed by atoms with Gasteiger partial charge in [-0.25, -0.2) is 0 Å². The molecule has 0 amide bonds. The summed E-state index contributed by atoms with van der Waals surface area (Å²) in [5, 5.41) is 0. The van der Waals surface area contributed by atoms with Gasteiger partial charge in [-0.15, -0.1) is 0 Å². The van der Waals surface area contributed by atoms with Gasteiger partial charge in [-0.05, 0) is 42.8 Å². The van der Waals surface area contributed by atoms with Gasteiger partial charge in [0, 0.05) is 5.92 Å². The van der Waals surface area contributed by atoms with E-state index in [-0.39, 0.29) is 11.7 Å². The zero-order valence-corrected chi connectivity index (χ0v) is 8.36. The van der Waals surface area contributed by atoms with Gasteiger partial charge < -0.3 is 0 Å². The SMILES string of the molecule is [B]C1CC[C@H]2C3C=C[C@H](CC3)C2C1=O. The summed E-state index contributed by atoms with van der Waals surface area (Å²) in [5.41, 5.74) is 0. The molecule has 0 spiro atoms. The summed E-state index contributed by atoms with van der Waals surface area (Å²) in [6.07, 6.45) is 9.20. The second-order valence-electron chi connectivity index (χ2n) is 5.07. The average Bonchev–Trinajstić information content (AvgIpc) is 2.25. The lowest BCUT2D eigenvalue weighted by Crippen LogP contribution is -2.45. The highest BCUT2D eigenvalue weighted by molar-refractivity contribution is 6.24. The van der Waals surface area contributed by atoms with Gasteiger partial charge in [0.1, 0.15) is 5.78 Å². The van der Waals surface area contributed by atoms with Gasteiger partial charge >= 0.3 is 0 Å². The molecule has 0 N–H and O–H groups in total. The highest BCUT2D eigenvalue weighted by Crippen LogP contribution is 2.51. The molecule has 2 bridgehead atoms. The Morgan fingerprint density at radius 2 is 1.79 bits per heavy atom. The maximum absolute atomic E-state index is 12.0. The number of hydrogen-bond donors (Lipinski definition) is 0. The minimum atomic E-state index is -0.163. The Hall–Kier alpha value is -0.525. The Kier molecular flexibility index (Phi) is 1.86. The van der Waals surface area contributed by atoms with Crippen LogP contribution in [-0.4, -0.2) is 13.6 Å². The second kappa shape index (κ2) is 2.98. The Balaban J connectivity index is 1.95. The molecule has 4 rings (SSSR count). The highest BCUT2D eigenvalue weighted by Gasteiger charge is 2.47. The van der Waals surface area contributed by atoms with Crippen molar-refractivity contribution in [2.75, 3.05) is 0 Å². The zero-order valence-electron chi connectivity index (χ0n) is 8.36. The van der Waals surface area contributed by atoms with E-state index in [0.29, 0.717) is 23.5 Å². The first kappa shape index (κ1) is 8.76.